The summed E-state index contributed by atoms with van der Waals surface area (Å²) in [6.07, 6.45) is -0.871. The van der Waals surface area contributed by atoms with E-state index in [9.17, 15) is 4.79 Å². The van der Waals surface area contributed by atoms with Gasteiger partial charge in [0.2, 0.25) is 0 Å². The van der Waals surface area contributed by atoms with Crippen LogP contribution in [0.1, 0.15) is 0 Å². The molecule has 0 spiro atoms. The molecule has 1 aromatic carbocycles. The summed E-state index contributed by atoms with van der Waals surface area (Å²) in [6.45, 7) is 0.215. The van der Waals surface area contributed by atoms with E-state index in [2.05, 4.69) is 0 Å². The highest BCUT2D eigenvalue weighted by molar-refractivity contribution is 6.30. The van der Waals surface area contributed by atoms with Gasteiger partial charge in [0, 0.05) is 10.7 Å². The molecule has 1 atom stereocenters. The standard InChI is InChI=1S/C10H10ClNO3/c11-7-1-3-8(4-2-7)12-5-9(6-13)15-10(12)14/h1-4,9,13H,5-6H2/t9-/m0/s1. The molecular formula is C10H10ClNO3. The lowest BCUT2D eigenvalue weighted by atomic mass is 10.3. The Hall–Kier alpha value is -1.26. The highest BCUT2D eigenvalue weighted by Gasteiger charge is 2.31. The van der Waals surface area contributed by atoms with E-state index in [1.54, 1.807) is 24.3 Å². The third-order valence-corrected chi connectivity index (χ3v) is 2.47. The SMILES string of the molecule is O=C1O[C@H](CO)CN1c1ccc(Cl)cc1. The summed E-state index contributed by atoms with van der Waals surface area (Å²) >= 11 is 5.74. The van der Waals surface area contributed by atoms with Gasteiger partial charge in [-0.15, -0.1) is 0 Å². The van der Waals surface area contributed by atoms with E-state index < -0.39 is 12.2 Å². The number of benzene rings is 1. The van der Waals surface area contributed by atoms with E-state index >= 15 is 0 Å². The summed E-state index contributed by atoms with van der Waals surface area (Å²) in [5.41, 5.74) is 0.723. The topological polar surface area (TPSA) is 49.8 Å². The Kier molecular flexibility index (Phi) is 2.79. The average molecular weight is 228 g/mol. The summed E-state index contributed by atoms with van der Waals surface area (Å²) in [5, 5.41) is 9.48. The van der Waals surface area contributed by atoms with Crippen molar-refractivity contribution in [3.8, 4) is 0 Å². The largest absolute Gasteiger partial charge is 0.441 e. The zero-order chi connectivity index (χ0) is 10.8. The Morgan fingerprint density at radius 1 is 1.47 bits per heavy atom. The van der Waals surface area contributed by atoms with Gasteiger partial charge in [0.05, 0.1) is 13.2 Å². The van der Waals surface area contributed by atoms with Crippen molar-refractivity contribution in [2.24, 2.45) is 0 Å². The molecule has 0 saturated carbocycles. The zero-order valence-electron chi connectivity index (χ0n) is 7.89. The van der Waals surface area contributed by atoms with Crippen molar-refractivity contribution in [3.05, 3.63) is 29.3 Å². The Balaban J connectivity index is 2.18. The summed E-state index contributed by atoms with van der Waals surface area (Å²) in [6, 6.07) is 6.89. The minimum atomic E-state index is -0.437. The van der Waals surface area contributed by atoms with Crippen molar-refractivity contribution in [2.75, 3.05) is 18.1 Å². The Morgan fingerprint density at radius 2 is 2.13 bits per heavy atom. The number of amides is 1. The molecule has 2 rings (SSSR count). The van der Waals surface area contributed by atoms with Gasteiger partial charge in [-0.2, -0.15) is 0 Å². The molecule has 1 fully saturated rings. The first-order valence-electron chi connectivity index (χ1n) is 4.55. The van der Waals surface area contributed by atoms with E-state index in [1.165, 1.54) is 4.90 Å². The predicted molar refractivity (Wildman–Crippen MR) is 56.2 cm³/mol. The molecule has 80 valence electrons. The number of hydrogen-bond acceptors (Lipinski definition) is 3. The van der Waals surface area contributed by atoms with Gasteiger partial charge < -0.3 is 9.84 Å². The molecule has 1 aliphatic rings. The summed E-state index contributed by atoms with van der Waals surface area (Å²) in [5.74, 6) is 0. The number of aliphatic hydroxyl groups is 1. The Labute approximate surface area is 92.0 Å². The Morgan fingerprint density at radius 3 is 2.67 bits per heavy atom. The summed E-state index contributed by atoms with van der Waals surface area (Å²) < 4.78 is 4.91. The summed E-state index contributed by atoms with van der Waals surface area (Å²) in [7, 11) is 0. The van der Waals surface area contributed by atoms with Gasteiger partial charge >= 0.3 is 6.09 Å². The molecule has 5 heteroatoms. The van der Waals surface area contributed by atoms with Crippen LogP contribution in [0.25, 0.3) is 0 Å². The monoisotopic (exact) mass is 227 g/mol. The molecular weight excluding hydrogens is 218 g/mol. The molecule has 15 heavy (non-hydrogen) atoms. The van der Waals surface area contributed by atoms with Crippen LogP contribution in [-0.2, 0) is 4.74 Å². The number of rotatable bonds is 2. The van der Waals surface area contributed by atoms with Gasteiger partial charge in [-0.1, -0.05) is 11.6 Å². The fraction of sp³-hybridized carbons (Fsp3) is 0.300. The van der Waals surface area contributed by atoms with E-state index in [0.717, 1.165) is 5.69 Å². The van der Waals surface area contributed by atoms with Gasteiger partial charge in [0.25, 0.3) is 0 Å². The quantitative estimate of drug-likeness (QED) is 0.836. The maximum atomic E-state index is 11.4. The Bertz CT molecular complexity index is 365. The number of carbonyl (C=O) groups excluding carboxylic acids is 1. The lowest BCUT2D eigenvalue weighted by Crippen LogP contribution is -2.25. The lowest BCUT2D eigenvalue weighted by Gasteiger charge is -2.12. The maximum absolute atomic E-state index is 11.4. The van der Waals surface area contributed by atoms with Crippen LogP contribution in [0.4, 0.5) is 10.5 Å². The van der Waals surface area contributed by atoms with Crippen LogP contribution in [0.2, 0.25) is 5.02 Å². The minimum Gasteiger partial charge on any atom is -0.441 e. The number of cyclic esters (lactones) is 1. The predicted octanol–water partition coefficient (Wildman–Crippen LogP) is 1.66. The lowest BCUT2D eigenvalue weighted by molar-refractivity contribution is 0.0963. The number of ether oxygens (including phenoxy) is 1. The van der Waals surface area contributed by atoms with Gasteiger partial charge in [0.1, 0.15) is 6.10 Å². The molecule has 1 aromatic rings. The molecule has 0 unspecified atom stereocenters. The fourth-order valence-corrected chi connectivity index (χ4v) is 1.57. The van der Waals surface area contributed by atoms with Gasteiger partial charge in [0.15, 0.2) is 0 Å². The number of aliphatic hydroxyl groups excluding tert-OH is 1. The molecule has 1 amide bonds. The molecule has 0 radical (unpaired) electrons. The molecule has 0 bridgehead atoms. The van der Waals surface area contributed by atoms with Gasteiger partial charge in [-0.25, -0.2) is 4.79 Å². The smallest absolute Gasteiger partial charge is 0.414 e. The first-order chi connectivity index (χ1) is 7.20. The molecule has 0 aromatic heterocycles. The van der Waals surface area contributed by atoms with Crippen molar-refractivity contribution in [2.45, 2.75) is 6.10 Å². The molecule has 1 N–H and O–H groups in total. The van der Waals surface area contributed by atoms with Crippen LogP contribution in [0.15, 0.2) is 24.3 Å². The van der Waals surface area contributed by atoms with E-state index in [4.69, 9.17) is 21.4 Å². The van der Waals surface area contributed by atoms with Gasteiger partial charge in [-0.05, 0) is 24.3 Å². The van der Waals surface area contributed by atoms with Crippen LogP contribution in [0.5, 0.6) is 0 Å². The third kappa shape index (κ3) is 2.06. The number of anilines is 1. The average Bonchev–Trinajstić information content (AvgIpc) is 2.61. The minimum absolute atomic E-state index is 0.157. The van der Waals surface area contributed by atoms with Crippen LogP contribution in [0, 0.1) is 0 Å². The normalized spacial score (nSPS) is 20.5. The van der Waals surface area contributed by atoms with Crippen molar-refractivity contribution < 1.29 is 14.6 Å². The molecule has 1 saturated heterocycles. The number of halogens is 1. The molecule has 4 nitrogen and oxygen atoms in total. The highest BCUT2D eigenvalue weighted by atomic mass is 35.5. The van der Waals surface area contributed by atoms with Gasteiger partial charge in [-0.3, -0.25) is 4.90 Å². The second kappa shape index (κ2) is 4.08. The van der Waals surface area contributed by atoms with Crippen LogP contribution >= 0.6 is 11.6 Å². The van der Waals surface area contributed by atoms with E-state index in [0.29, 0.717) is 11.6 Å². The van der Waals surface area contributed by atoms with E-state index in [-0.39, 0.29) is 6.61 Å². The maximum Gasteiger partial charge on any atom is 0.414 e. The number of hydrogen-bond donors (Lipinski definition) is 1. The first-order valence-corrected chi connectivity index (χ1v) is 4.93. The number of carbonyl (C=O) groups is 1. The first kappa shape index (κ1) is 10.3. The van der Waals surface area contributed by atoms with Crippen molar-refractivity contribution >= 4 is 23.4 Å². The molecule has 0 aliphatic carbocycles. The highest BCUT2D eigenvalue weighted by Crippen LogP contribution is 2.22. The molecule has 1 aliphatic heterocycles. The number of nitrogens with zero attached hydrogens (tertiary/aromatic N) is 1. The van der Waals surface area contributed by atoms with Crippen molar-refractivity contribution in [1.82, 2.24) is 0 Å². The second-order valence-electron chi connectivity index (χ2n) is 3.28. The van der Waals surface area contributed by atoms with Crippen LogP contribution in [-0.4, -0.2) is 30.5 Å². The zero-order valence-corrected chi connectivity index (χ0v) is 8.65. The molecule has 1 heterocycles. The van der Waals surface area contributed by atoms with Crippen molar-refractivity contribution in [1.29, 1.82) is 0 Å². The van der Waals surface area contributed by atoms with Crippen LogP contribution in [0.3, 0.4) is 0 Å². The third-order valence-electron chi connectivity index (χ3n) is 2.22. The van der Waals surface area contributed by atoms with Crippen LogP contribution < -0.4 is 4.90 Å². The second-order valence-corrected chi connectivity index (χ2v) is 3.71. The van der Waals surface area contributed by atoms with Crippen molar-refractivity contribution in [3.63, 3.8) is 0 Å². The van der Waals surface area contributed by atoms with E-state index in [1.807, 2.05) is 0 Å². The fourth-order valence-electron chi connectivity index (χ4n) is 1.45. The summed E-state index contributed by atoms with van der Waals surface area (Å²) in [4.78, 5) is 12.9.